The summed E-state index contributed by atoms with van der Waals surface area (Å²) in [6, 6.07) is 2.05. The summed E-state index contributed by atoms with van der Waals surface area (Å²) >= 11 is 0. The highest BCUT2D eigenvalue weighted by molar-refractivity contribution is 5.52. The second kappa shape index (κ2) is 6.52. The molecule has 1 aromatic rings. The number of carbonyl (C=O) groups excluding carboxylic acids is 1. The SMILES string of the molecule is O=CN1CCN(c2cc(N3CCC4(CC3)OCCO4)ncn2)CC1. The second-order valence-electron chi connectivity index (χ2n) is 6.46. The molecule has 0 radical (unpaired) electrons. The molecule has 3 aliphatic heterocycles. The van der Waals surface area contributed by atoms with Crippen molar-refractivity contribution in [1.29, 1.82) is 0 Å². The van der Waals surface area contributed by atoms with Gasteiger partial charge >= 0.3 is 0 Å². The maximum Gasteiger partial charge on any atom is 0.209 e. The van der Waals surface area contributed by atoms with Gasteiger partial charge in [0, 0.05) is 58.2 Å². The van der Waals surface area contributed by atoms with Gasteiger partial charge in [0.1, 0.15) is 18.0 Å². The minimum atomic E-state index is -0.364. The van der Waals surface area contributed by atoms with Crippen molar-refractivity contribution in [2.45, 2.75) is 18.6 Å². The number of carbonyl (C=O) groups is 1. The van der Waals surface area contributed by atoms with Crippen LogP contribution in [-0.2, 0) is 14.3 Å². The smallest absolute Gasteiger partial charge is 0.209 e. The maximum atomic E-state index is 10.8. The third-order valence-electron chi connectivity index (χ3n) is 5.09. The van der Waals surface area contributed by atoms with Gasteiger partial charge in [0.15, 0.2) is 5.79 Å². The summed E-state index contributed by atoms with van der Waals surface area (Å²) in [4.78, 5) is 26.0. The fourth-order valence-electron chi connectivity index (χ4n) is 3.60. The number of hydrogen-bond donors (Lipinski definition) is 0. The normalized spacial score (nSPS) is 23.8. The molecule has 24 heavy (non-hydrogen) atoms. The molecule has 130 valence electrons. The van der Waals surface area contributed by atoms with Crippen molar-refractivity contribution in [3.05, 3.63) is 12.4 Å². The molecule has 0 atom stereocenters. The van der Waals surface area contributed by atoms with Crippen LogP contribution < -0.4 is 9.80 Å². The van der Waals surface area contributed by atoms with E-state index in [1.807, 2.05) is 6.07 Å². The number of hydrogen-bond acceptors (Lipinski definition) is 7. The second-order valence-corrected chi connectivity index (χ2v) is 6.46. The van der Waals surface area contributed by atoms with Crippen LogP contribution in [0.5, 0.6) is 0 Å². The molecule has 4 rings (SSSR count). The van der Waals surface area contributed by atoms with Crippen LogP contribution in [0.25, 0.3) is 0 Å². The van der Waals surface area contributed by atoms with Gasteiger partial charge in [-0.3, -0.25) is 4.79 Å². The molecule has 1 aromatic heterocycles. The van der Waals surface area contributed by atoms with Crippen LogP contribution in [0.2, 0.25) is 0 Å². The van der Waals surface area contributed by atoms with E-state index >= 15 is 0 Å². The topological polar surface area (TPSA) is 71.0 Å². The van der Waals surface area contributed by atoms with Gasteiger partial charge in [-0.25, -0.2) is 9.97 Å². The van der Waals surface area contributed by atoms with Crippen LogP contribution in [-0.4, -0.2) is 79.5 Å². The Balaban J connectivity index is 1.41. The molecule has 0 saturated carbocycles. The van der Waals surface area contributed by atoms with Gasteiger partial charge in [0.2, 0.25) is 6.41 Å². The first-order chi connectivity index (χ1) is 11.8. The van der Waals surface area contributed by atoms with E-state index in [1.165, 1.54) is 0 Å². The molecular weight excluding hydrogens is 310 g/mol. The zero-order chi connectivity index (χ0) is 16.4. The number of piperidine rings is 1. The monoisotopic (exact) mass is 333 g/mol. The molecule has 3 fully saturated rings. The molecule has 0 unspecified atom stereocenters. The van der Waals surface area contributed by atoms with Crippen molar-refractivity contribution < 1.29 is 14.3 Å². The fraction of sp³-hybridized carbons (Fsp3) is 0.688. The van der Waals surface area contributed by atoms with E-state index in [9.17, 15) is 4.79 Å². The first-order valence-corrected chi connectivity index (χ1v) is 8.57. The highest BCUT2D eigenvalue weighted by Crippen LogP contribution is 2.33. The molecule has 0 aliphatic carbocycles. The molecule has 8 nitrogen and oxygen atoms in total. The zero-order valence-corrected chi connectivity index (χ0v) is 13.8. The molecule has 3 saturated heterocycles. The van der Waals surface area contributed by atoms with Crippen LogP contribution in [0.1, 0.15) is 12.8 Å². The highest BCUT2D eigenvalue weighted by atomic mass is 16.7. The van der Waals surface area contributed by atoms with E-state index in [0.29, 0.717) is 13.2 Å². The third-order valence-corrected chi connectivity index (χ3v) is 5.09. The van der Waals surface area contributed by atoms with Gasteiger partial charge in [-0.05, 0) is 0 Å². The van der Waals surface area contributed by atoms with Crippen LogP contribution in [0.15, 0.2) is 12.4 Å². The minimum absolute atomic E-state index is 0.364. The Kier molecular flexibility index (Phi) is 4.24. The summed E-state index contributed by atoms with van der Waals surface area (Å²) in [5, 5.41) is 0. The number of ether oxygens (including phenoxy) is 2. The van der Waals surface area contributed by atoms with Crippen LogP contribution in [0.4, 0.5) is 11.6 Å². The largest absolute Gasteiger partial charge is 0.356 e. The number of rotatable bonds is 3. The molecular formula is C16H23N5O3. The van der Waals surface area contributed by atoms with Gasteiger partial charge in [-0.2, -0.15) is 0 Å². The van der Waals surface area contributed by atoms with E-state index in [4.69, 9.17) is 9.47 Å². The molecule has 0 N–H and O–H groups in total. The van der Waals surface area contributed by atoms with Gasteiger partial charge in [-0.1, -0.05) is 0 Å². The van der Waals surface area contributed by atoms with E-state index in [-0.39, 0.29) is 5.79 Å². The summed E-state index contributed by atoms with van der Waals surface area (Å²) in [5.41, 5.74) is 0. The Bertz CT molecular complexity index is 575. The summed E-state index contributed by atoms with van der Waals surface area (Å²) < 4.78 is 11.6. The van der Waals surface area contributed by atoms with Crippen molar-refractivity contribution in [3.8, 4) is 0 Å². The average Bonchev–Trinajstić information content (AvgIpc) is 3.10. The number of anilines is 2. The zero-order valence-electron chi connectivity index (χ0n) is 13.8. The van der Waals surface area contributed by atoms with E-state index in [0.717, 1.165) is 70.2 Å². The van der Waals surface area contributed by atoms with Gasteiger partial charge in [0.05, 0.1) is 13.2 Å². The van der Waals surface area contributed by atoms with Crippen molar-refractivity contribution >= 4 is 18.0 Å². The fourth-order valence-corrected chi connectivity index (χ4v) is 3.60. The first kappa shape index (κ1) is 15.6. The Morgan fingerprint density at radius 2 is 1.50 bits per heavy atom. The number of aromatic nitrogens is 2. The lowest BCUT2D eigenvalue weighted by molar-refractivity contribution is -0.169. The average molecular weight is 333 g/mol. The van der Waals surface area contributed by atoms with E-state index in [1.54, 1.807) is 11.2 Å². The standard InChI is InChI=1S/C16H23N5O3/c22-13-19-5-7-21(8-6-19)15-11-14(17-12-18-15)20-3-1-16(2-4-20)23-9-10-24-16/h11-13H,1-10H2. The predicted octanol–water partition coefficient (Wildman–Crippen LogP) is 0.0983. The van der Waals surface area contributed by atoms with Gasteiger partial charge in [0.25, 0.3) is 0 Å². The van der Waals surface area contributed by atoms with E-state index in [2.05, 4.69) is 19.8 Å². The Labute approximate surface area is 141 Å². The first-order valence-electron chi connectivity index (χ1n) is 8.57. The lowest BCUT2D eigenvalue weighted by atomic mass is 10.0. The quantitative estimate of drug-likeness (QED) is 0.727. The number of nitrogens with zero attached hydrogens (tertiary/aromatic N) is 5. The lowest BCUT2D eigenvalue weighted by Crippen LogP contribution is -2.46. The maximum absolute atomic E-state index is 10.8. The molecule has 0 aromatic carbocycles. The molecule has 0 bridgehead atoms. The van der Waals surface area contributed by atoms with Crippen LogP contribution in [0.3, 0.4) is 0 Å². The minimum Gasteiger partial charge on any atom is -0.356 e. The Hall–Kier alpha value is -1.93. The number of piperazine rings is 1. The predicted molar refractivity (Wildman–Crippen MR) is 88.0 cm³/mol. The van der Waals surface area contributed by atoms with Crippen molar-refractivity contribution in [3.63, 3.8) is 0 Å². The summed E-state index contributed by atoms with van der Waals surface area (Å²) in [6.07, 6.45) is 4.28. The molecule has 3 aliphatic rings. The summed E-state index contributed by atoms with van der Waals surface area (Å²) in [5.74, 6) is 1.52. The Morgan fingerprint density at radius 1 is 0.917 bits per heavy atom. The third kappa shape index (κ3) is 3.03. The van der Waals surface area contributed by atoms with Gasteiger partial charge in [-0.15, -0.1) is 0 Å². The van der Waals surface area contributed by atoms with Crippen molar-refractivity contribution in [2.75, 3.05) is 62.3 Å². The van der Waals surface area contributed by atoms with Gasteiger partial charge < -0.3 is 24.2 Å². The van der Waals surface area contributed by atoms with Crippen molar-refractivity contribution in [2.24, 2.45) is 0 Å². The highest BCUT2D eigenvalue weighted by Gasteiger charge is 2.40. The number of amides is 1. The van der Waals surface area contributed by atoms with Crippen LogP contribution >= 0.6 is 0 Å². The van der Waals surface area contributed by atoms with E-state index < -0.39 is 0 Å². The lowest BCUT2D eigenvalue weighted by Gasteiger charge is -2.38. The van der Waals surface area contributed by atoms with Crippen LogP contribution in [0, 0.1) is 0 Å². The van der Waals surface area contributed by atoms with Crippen molar-refractivity contribution in [1.82, 2.24) is 14.9 Å². The molecule has 8 heteroatoms. The molecule has 4 heterocycles. The summed E-state index contributed by atoms with van der Waals surface area (Å²) in [6.45, 7) is 6.23. The molecule has 1 amide bonds. The Morgan fingerprint density at radius 3 is 2.08 bits per heavy atom. The summed E-state index contributed by atoms with van der Waals surface area (Å²) in [7, 11) is 0. The molecule has 1 spiro atoms.